The van der Waals surface area contributed by atoms with E-state index in [1.165, 1.54) is 34.9 Å². The van der Waals surface area contributed by atoms with E-state index in [1.807, 2.05) is 117 Å². The van der Waals surface area contributed by atoms with Gasteiger partial charge >= 0.3 is 54.7 Å². The van der Waals surface area contributed by atoms with Crippen molar-refractivity contribution in [3.05, 3.63) is 115 Å². The number of ether oxygens (including phenoxy) is 6. The van der Waals surface area contributed by atoms with Gasteiger partial charge in [-0.05, 0) is 77.8 Å². The van der Waals surface area contributed by atoms with Crippen LogP contribution in [0.2, 0.25) is 39.3 Å². The van der Waals surface area contributed by atoms with Crippen LogP contribution < -0.4 is 18.9 Å². The second-order valence-electron chi connectivity index (χ2n) is 20.8. The van der Waals surface area contributed by atoms with Crippen LogP contribution in [0.1, 0.15) is 75.0 Å². The Bertz CT molecular complexity index is 3660. The van der Waals surface area contributed by atoms with Crippen molar-refractivity contribution in [1.29, 1.82) is 0 Å². The van der Waals surface area contributed by atoms with E-state index >= 15 is 0 Å². The van der Waals surface area contributed by atoms with Crippen LogP contribution in [0.15, 0.2) is 91.0 Å². The Kier molecular flexibility index (Phi) is 47.3. The van der Waals surface area contributed by atoms with Gasteiger partial charge in [-0.3, -0.25) is 33.6 Å². The molecule has 0 fully saturated rings. The summed E-state index contributed by atoms with van der Waals surface area (Å²) < 4.78 is 28.5. The normalized spacial score (nSPS) is 9.94. The molecule has 482 valence electrons. The first-order valence-electron chi connectivity index (χ1n) is 28.4. The molecule has 3 aromatic carbocycles. The Balaban J connectivity index is -0.00000121. The maximum absolute atomic E-state index is 12.5. The number of unbranched alkanes of at least 4 members (excludes halogenated alkanes) is 1. The van der Waals surface area contributed by atoms with E-state index < -0.39 is 80.4 Å². The molecule has 0 aliphatic heterocycles. The number of carbonyl (C=O) groups is 7. The van der Waals surface area contributed by atoms with E-state index in [-0.39, 0.29) is 57.4 Å². The molecule has 0 heterocycles. The SMILES string of the molecule is C#CC(O)C#CCC(CC#CC#Cc1ccccc1)(C(=O)OC)C(=O)OC.C#CCC(CC#CC#Cc1ccccc1)(C(=O)OC)C(=O)OC.COC(=O)C(CC#CC#Cc1ccccc1)(CC#CC(O)C#C[Si](C)(C)C)C(=O)OC.C[Si](C)(C)C#CC=O.[CH2-]CCC.[Li+]. The smallest absolute Gasteiger partial charge is 0.468 e. The predicted molar refractivity (Wildman–Crippen MR) is 364 cm³/mol. The van der Waals surface area contributed by atoms with E-state index in [9.17, 15) is 43.8 Å². The van der Waals surface area contributed by atoms with Crippen molar-refractivity contribution in [3.63, 3.8) is 0 Å². The van der Waals surface area contributed by atoms with Crippen LogP contribution in [-0.2, 0) is 62.0 Å². The number of benzene rings is 3. The summed E-state index contributed by atoms with van der Waals surface area (Å²) in [5.41, 5.74) is 3.17. The van der Waals surface area contributed by atoms with Gasteiger partial charge in [0.1, 0.15) is 16.1 Å². The third-order valence-corrected chi connectivity index (χ3v) is 13.1. The van der Waals surface area contributed by atoms with Crippen molar-refractivity contribution in [2.75, 3.05) is 42.7 Å². The number of methoxy groups -OCH3 is 6. The maximum Gasteiger partial charge on any atom is 1.00 e. The van der Waals surface area contributed by atoms with Crippen LogP contribution in [0.25, 0.3) is 0 Å². The zero-order chi connectivity index (χ0) is 70.6. The number of hydrogen-bond donors (Lipinski definition) is 2. The molecule has 2 unspecified atom stereocenters. The molecule has 2 N–H and O–H groups in total. The van der Waals surface area contributed by atoms with Crippen LogP contribution in [-0.4, -0.2) is 123 Å². The topological polar surface area (TPSA) is 215 Å². The van der Waals surface area contributed by atoms with Gasteiger partial charge in [0.15, 0.2) is 34.7 Å². The van der Waals surface area contributed by atoms with Crippen LogP contribution in [0.5, 0.6) is 0 Å². The number of carbonyl (C=O) groups excluding carboxylic acids is 7. The van der Waals surface area contributed by atoms with E-state index in [1.54, 1.807) is 0 Å². The first kappa shape index (κ1) is 88.0. The molecule has 0 spiro atoms. The van der Waals surface area contributed by atoms with Crippen molar-refractivity contribution in [2.24, 2.45) is 16.2 Å². The Hall–Kier alpha value is -10.2. The predicted octanol–water partition coefficient (Wildman–Crippen LogP) is 5.03. The van der Waals surface area contributed by atoms with Crippen LogP contribution in [0.4, 0.5) is 0 Å². The fraction of sp³-hybridized carbons (Fsp3) is 0.342. The van der Waals surface area contributed by atoms with Crippen molar-refractivity contribution in [3.8, 4) is 142 Å². The van der Waals surface area contributed by atoms with Gasteiger partial charge in [-0.1, -0.05) is 178 Å². The van der Waals surface area contributed by atoms with E-state index in [0.717, 1.165) is 37.3 Å². The number of rotatable bonds is 13. The molecular formula is C76H79LiO15Si2. The van der Waals surface area contributed by atoms with Gasteiger partial charge in [-0.15, -0.1) is 29.9 Å². The molecule has 0 saturated heterocycles. The molecule has 0 aromatic heterocycles. The third-order valence-electron chi connectivity index (χ3n) is 11.3. The average molecular weight is 1300 g/mol. The summed E-state index contributed by atoms with van der Waals surface area (Å²) in [6.45, 7) is 18.1. The Morgan fingerprint density at radius 2 is 0.745 bits per heavy atom. The van der Waals surface area contributed by atoms with Crippen LogP contribution >= 0.6 is 0 Å². The summed E-state index contributed by atoms with van der Waals surface area (Å²) >= 11 is 0. The summed E-state index contributed by atoms with van der Waals surface area (Å²) in [6, 6.07) is 27.8. The minimum absolute atomic E-state index is 0. The summed E-state index contributed by atoms with van der Waals surface area (Å²) in [5.74, 6) is 47.2. The zero-order valence-corrected chi connectivity index (χ0v) is 58.1. The minimum atomic E-state index is -1.76. The number of aliphatic hydroxyl groups excluding tert-OH is 2. The number of esters is 6. The van der Waals surface area contributed by atoms with Gasteiger partial charge in [-0.25, -0.2) is 0 Å². The molecule has 0 saturated carbocycles. The quantitative estimate of drug-likeness (QED) is 0.0437. The van der Waals surface area contributed by atoms with Crippen molar-refractivity contribution >= 4 is 58.2 Å². The van der Waals surface area contributed by atoms with E-state index in [2.05, 4.69) is 167 Å². The van der Waals surface area contributed by atoms with Crippen molar-refractivity contribution in [2.45, 2.75) is 110 Å². The van der Waals surface area contributed by atoms with Gasteiger partial charge in [-0.2, -0.15) is 6.42 Å². The van der Waals surface area contributed by atoms with Gasteiger partial charge in [0.05, 0.1) is 42.7 Å². The number of terminal acetylenes is 2. The standard InChI is InChI=1S/C25H26O5Si.C22H18O5.C19H16O4.C6H10OSi.C4H9.Li/c1-29-23(27)25(24(28)30-2,19-12-16-22(26)17-20-31(3,4)5)18-11-7-10-15-21-13-8-6-9-14-21;1-4-19(23)15-11-17-22(20(24)26-2,21(25)27-3)16-10-6-9-14-18-12-7-5-8-13-18;1-4-14-19(17(20)22-2,18(21)23-3)15-10-6-9-13-16-11-7-5-8-12-16;1-8(2,3)6-4-5-7;1-3-4-2;/h6,8-9,13-14,22,26H,18-19H2,1-5H3;1,5,7-8,12-13,19,23H,16-17H2,2-3H3;1,5,7-8,11-12H,14-15H2,2-3H3;5H,1-3H3;1,3-4H2,2H3;/q;;;;-1;+1. The first-order valence-corrected chi connectivity index (χ1v) is 35.4. The number of hydrogen-bond acceptors (Lipinski definition) is 15. The summed E-state index contributed by atoms with van der Waals surface area (Å²) in [5, 5.41) is 19.3. The Morgan fingerprint density at radius 1 is 0.468 bits per heavy atom. The van der Waals surface area contributed by atoms with Crippen molar-refractivity contribution in [1.82, 2.24) is 0 Å². The molecule has 94 heavy (non-hydrogen) atoms. The molecule has 18 heteroatoms. The Morgan fingerprint density at radius 3 is 0.979 bits per heavy atom. The summed E-state index contributed by atoms with van der Waals surface area (Å²) in [7, 11) is 4.06. The average Bonchev–Trinajstić information content (AvgIpc) is 0.932. The molecule has 3 rings (SSSR count). The van der Waals surface area contributed by atoms with Crippen molar-refractivity contribution < 1.29 is 91.1 Å². The first-order chi connectivity index (χ1) is 44.2. The van der Waals surface area contributed by atoms with Gasteiger partial charge < -0.3 is 45.6 Å². The zero-order valence-electron chi connectivity index (χ0n) is 56.1. The molecule has 2 atom stereocenters. The minimum Gasteiger partial charge on any atom is -0.468 e. The van der Waals surface area contributed by atoms with Crippen LogP contribution in [0, 0.1) is 166 Å². The fourth-order valence-electron chi connectivity index (χ4n) is 6.45. The summed E-state index contributed by atoms with van der Waals surface area (Å²) in [6.07, 6.45) is 9.54. The third kappa shape index (κ3) is 36.6. The monoisotopic (exact) mass is 1290 g/mol. The molecule has 0 aliphatic carbocycles. The van der Waals surface area contributed by atoms with E-state index in [0.29, 0.717) is 6.29 Å². The fourth-order valence-corrected chi connectivity index (χ4v) is 7.51. The molecule has 0 bridgehead atoms. The number of aldehydes is 1. The molecule has 0 radical (unpaired) electrons. The summed E-state index contributed by atoms with van der Waals surface area (Å²) in [4.78, 5) is 83.2. The van der Waals surface area contributed by atoms with E-state index in [4.69, 9.17) is 31.8 Å². The maximum atomic E-state index is 12.5. The second-order valence-corrected chi connectivity index (χ2v) is 30.3. The second kappa shape index (κ2) is 50.5. The molecule has 0 aliphatic rings. The Labute approximate surface area is 571 Å². The van der Waals surface area contributed by atoms with Gasteiger partial charge in [0.25, 0.3) is 0 Å². The van der Waals surface area contributed by atoms with Crippen LogP contribution in [0.3, 0.4) is 0 Å². The molecular weight excluding hydrogens is 1220 g/mol. The van der Waals surface area contributed by atoms with Gasteiger partial charge in [0, 0.05) is 55.2 Å². The molecule has 3 aromatic rings. The molecule has 15 nitrogen and oxygen atoms in total. The largest absolute Gasteiger partial charge is 1.00 e. The number of aliphatic hydroxyl groups is 2. The molecule has 0 amide bonds. The van der Waals surface area contributed by atoms with Gasteiger partial charge in [0.2, 0.25) is 0 Å².